The minimum atomic E-state index is 0.228. The van der Waals surface area contributed by atoms with Gasteiger partial charge in [0.25, 0.3) is 0 Å². The Morgan fingerprint density at radius 2 is 2.42 bits per heavy atom. The van der Waals surface area contributed by atoms with Crippen LogP contribution in [0.3, 0.4) is 0 Å². The molecule has 0 aliphatic heterocycles. The molecule has 0 bridgehead atoms. The maximum absolute atomic E-state index is 5.45. The summed E-state index contributed by atoms with van der Waals surface area (Å²) in [4.78, 5) is 4.00. The summed E-state index contributed by atoms with van der Waals surface area (Å²) in [5.74, 6) is 0.228. The fourth-order valence-corrected chi connectivity index (χ4v) is 1.37. The van der Waals surface area contributed by atoms with Gasteiger partial charge in [0.2, 0.25) is 11.6 Å². The maximum atomic E-state index is 5.45. The zero-order chi connectivity index (χ0) is 8.55. The van der Waals surface area contributed by atoms with Gasteiger partial charge in [0, 0.05) is 0 Å². The van der Waals surface area contributed by atoms with Gasteiger partial charge in [-0.3, -0.25) is 0 Å². The Hall–Kier alpha value is -1.37. The average Bonchev–Trinajstić information content (AvgIpc) is 2.50. The number of anilines is 1. The minimum Gasteiger partial charge on any atom is -0.367 e. The third-order valence-electron chi connectivity index (χ3n) is 1.34. The predicted octanol–water partition coefficient (Wildman–Crippen LogP) is -0.177. The number of fused-ring (bicyclic) bond motifs is 1. The lowest BCUT2D eigenvalue weighted by molar-refractivity contribution is 0.871. The molecule has 0 fully saturated rings. The van der Waals surface area contributed by atoms with Crippen LogP contribution >= 0.6 is 11.8 Å². The van der Waals surface area contributed by atoms with Crippen molar-refractivity contribution in [1.82, 2.24) is 24.8 Å². The summed E-state index contributed by atoms with van der Waals surface area (Å²) < 4.78 is 1.51. The van der Waals surface area contributed by atoms with Gasteiger partial charge in [-0.25, -0.2) is 4.98 Å². The average molecular weight is 182 g/mol. The molecular formula is C5H6N6S. The van der Waals surface area contributed by atoms with Crippen molar-refractivity contribution >= 4 is 23.4 Å². The van der Waals surface area contributed by atoms with E-state index < -0.39 is 0 Å². The molecule has 0 unspecified atom stereocenters. The Balaban J connectivity index is 2.80. The van der Waals surface area contributed by atoms with Crippen molar-refractivity contribution in [2.45, 2.75) is 5.03 Å². The van der Waals surface area contributed by atoms with Crippen LogP contribution in [-0.4, -0.2) is 31.1 Å². The molecule has 0 amide bonds. The monoisotopic (exact) mass is 182 g/mol. The van der Waals surface area contributed by atoms with Gasteiger partial charge in [-0.1, -0.05) is 0 Å². The Labute approximate surface area is 72.2 Å². The Bertz CT molecular complexity index is 409. The SMILES string of the molecule is CSc1nc(N)nn2cnnc12. The van der Waals surface area contributed by atoms with E-state index in [0.717, 1.165) is 5.03 Å². The second-order valence-electron chi connectivity index (χ2n) is 2.08. The van der Waals surface area contributed by atoms with Gasteiger partial charge in [0.15, 0.2) is 0 Å². The van der Waals surface area contributed by atoms with Crippen molar-refractivity contribution < 1.29 is 0 Å². The minimum absolute atomic E-state index is 0.228. The molecule has 0 aliphatic rings. The summed E-state index contributed by atoms with van der Waals surface area (Å²) >= 11 is 1.46. The first-order valence-electron chi connectivity index (χ1n) is 3.19. The van der Waals surface area contributed by atoms with E-state index >= 15 is 0 Å². The first kappa shape index (κ1) is 7.29. The second kappa shape index (κ2) is 2.59. The fraction of sp³-hybridized carbons (Fsp3) is 0.200. The smallest absolute Gasteiger partial charge is 0.239 e. The van der Waals surface area contributed by atoms with E-state index in [-0.39, 0.29) is 5.95 Å². The Morgan fingerprint density at radius 1 is 1.58 bits per heavy atom. The van der Waals surface area contributed by atoms with Gasteiger partial charge in [0.05, 0.1) is 0 Å². The molecule has 2 N–H and O–H groups in total. The van der Waals surface area contributed by atoms with E-state index in [1.807, 2.05) is 6.26 Å². The molecule has 12 heavy (non-hydrogen) atoms. The number of thioether (sulfide) groups is 1. The van der Waals surface area contributed by atoms with Crippen LogP contribution in [0.25, 0.3) is 5.65 Å². The molecule has 0 saturated carbocycles. The third kappa shape index (κ3) is 0.981. The maximum Gasteiger partial charge on any atom is 0.239 e. The first-order chi connectivity index (χ1) is 5.81. The van der Waals surface area contributed by atoms with Gasteiger partial charge in [-0.05, 0) is 6.26 Å². The number of nitrogens with zero attached hydrogens (tertiary/aromatic N) is 5. The van der Waals surface area contributed by atoms with Gasteiger partial charge in [-0.15, -0.1) is 27.1 Å². The van der Waals surface area contributed by atoms with Gasteiger partial charge in [0.1, 0.15) is 11.4 Å². The standard InChI is InChI=1S/C5H6N6S/c1-12-4-3-9-7-2-11(3)10-5(6)8-4/h2H,1H3,(H2,6,10). The fourth-order valence-electron chi connectivity index (χ4n) is 0.868. The lowest BCUT2D eigenvalue weighted by Crippen LogP contribution is -2.02. The van der Waals surface area contributed by atoms with E-state index in [1.165, 1.54) is 22.6 Å². The number of rotatable bonds is 1. The predicted molar refractivity (Wildman–Crippen MR) is 44.8 cm³/mol. The zero-order valence-electron chi connectivity index (χ0n) is 6.30. The lowest BCUT2D eigenvalue weighted by Gasteiger charge is -1.97. The van der Waals surface area contributed by atoms with E-state index in [9.17, 15) is 0 Å². The van der Waals surface area contributed by atoms with Crippen molar-refractivity contribution in [2.24, 2.45) is 0 Å². The van der Waals surface area contributed by atoms with E-state index in [1.54, 1.807) is 0 Å². The molecule has 0 aliphatic carbocycles. The largest absolute Gasteiger partial charge is 0.367 e. The number of hydrogen-bond donors (Lipinski definition) is 1. The van der Waals surface area contributed by atoms with Crippen molar-refractivity contribution in [3.05, 3.63) is 6.33 Å². The highest BCUT2D eigenvalue weighted by Gasteiger charge is 2.05. The highest BCUT2D eigenvalue weighted by Crippen LogP contribution is 2.15. The van der Waals surface area contributed by atoms with Crippen molar-refractivity contribution in [3.8, 4) is 0 Å². The van der Waals surface area contributed by atoms with Crippen LogP contribution < -0.4 is 5.73 Å². The molecule has 7 heteroatoms. The van der Waals surface area contributed by atoms with Crippen LogP contribution in [0.4, 0.5) is 5.95 Å². The molecule has 0 atom stereocenters. The van der Waals surface area contributed by atoms with Crippen molar-refractivity contribution in [1.29, 1.82) is 0 Å². The van der Waals surface area contributed by atoms with Crippen LogP contribution in [-0.2, 0) is 0 Å². The summed E-state index contributed by atoms with van der Waals surface area (Å²) in [6.45, 7) is 0. The van der Waals surface area contributed by atoms with Gasteiger partial charge in [-0.2, -0.15) is 4.52 Å². The molecule has 0 saturated heterocycles. The highest BCUT2D eigenvalue weighted by atomic mass is 32.2. The summed E-state index contributed by atoms with van der Waals surface area (Å²) in [5.41, 5.74) is 6.08. The molecule has 2 aromatic heterocycles. The lowest BCUT2D eigenvalue weighted by atomic mass is 10.8. The van der Waals surface area contributed by atoms with Crippen LogP contribution in [0.2, 0.25) is 0 Å². The summed E-state index contributed by atoms with van der Waals surface area (Å²) in [6, 6.07) is 0. The van der Waals surface area contributed by atoms with Crippen LogP contribution in [0.5, 0.6) is 0 Å². The number of aromatic nitrogens is 5. The van der Waals surface area contributed by atoms with E-state index in [2.05, 4.69) is 20.3 Å². The second-order valence-corrected chi connectivity index (χ2v) is 2.87. The molecule has 2 aromatic rings. The molecule has 62 valence electrons. The zero-order valence-corrected chi connectivity index (χ0v) is 7.12. The van der Waals surface area contributed by atoms with Gasteiger partial charge >= 0.3 is 0 Å². The summed E-state index contributed by atoms with van der Waals surface area (Å²) in [5, 5.41) is 12.2. The van der Waals surface area contributed by atoms with Gasteiger partial charge < -0.3 is 5.73 Å². The first-order valence-corrected chi connectivity index (χ1v) is 4.41. The summed E-state index contributed by atoms with van der Waals surface area (Å²) in [6.07, 6.45) is 3.39. The molecular weight excluding hydrogens is 176 g/mol. The van der Waals surface area contributed by atoms with Crippen molar-refractivity contribution in [3.63, 3.8) is 0 Å². The van der Waals surface area contributed by atoms with E-state index in [4.69, 9.17) is 5.73 Å². The van der Waals surface area contributed by atoms with Crippen LogP contribution in [0.15, 0.2) is 11.4 Å². The number of nitrogen functional groups attached to an aromatic ring is 1. The molecule has 0 spiro atoms. The quantitative estimate of drug-likeness (QED) is 0.616. The third-order valence-corrected chi connectivity index (χ3v) is 2.00. The highest BCUT2D eigenvalue weighted by molar-refractivity contribution is 7.98. The normalized spacial score (nSPS) is 10.8. The summed E-state index contributed by atoms with van der Waals surface area (Å²) in [7, 11) is 0. The molecule has 2 rings (SSSR count). The van der Waals surface area contributed by atoms with Crippen LogP contribution in [0.1, 0.15) is 0 Å². The topological polar surface area (TPSA) is 82.0 Å². The molecule has 0 radical (unpaired) electrons. The molecule has 6 nitrogen and oxygen atoms in total. The number of hydrogen-bond acceptors (Lipinski definition) is 6. The Morgan fingerprint density at radius 3 is 3.17 bits per heavy atom. The molecule has 0 aromatic carbocycles. The number of nitrogens with two attached hydrogens (primary N) is 1. The van der Waals surface area contributed by atoms with Crippen molar-refractivity contribution in [2.75, 3.05) is 12.0 Å². The molecule has 2 heterocycles. The van der Waals surface area contributed by atoms with E-state index in [0.29, 0.717) is 5.65 Å². The Kier molecular flexibility index (Phi) is 1.58. The van der Waals surface area contributed by atoms with Crippen LogP contribution in [0, 0.1) is 0 Å².